The molecule has 4 heteroatoms. The Labute approximate surface area is 82.3 Å². The molecule has 0 fully saturated rings. The zero-order valence-corrected chi connectivity index (χ0v) is 8.61. The van der Waals surface area contributed by atoms with E-state index in [1.807, 2.05) is 26.0 Å². The summed E-state index contributed by atoms with van der Waals surface area (Å²) in [6.45, 7) is 4.00. The van der Waals surface area contributed by atoms with Gasteiger partial charge in [0.1, 0.15) is 5.84 Å². The van der Waals surface area contributed by atoms with Gasteiger partial charge < -0.3 is 5.73 Å². The van der Waals surface area contributed by atoms with E-state index in [9.17, 15) is 0 Å². The van der Waals surface area contributed by atoms with E-state index in [1.54, 1.807) is 0 Å². The second-order valence-electron chi connectivity index (χ2n) is 2.94. The van der Waals surface area contributed by atoms with Gasteiger partial charge in [0.15, 0.2) is 0 Å². The molecule has 0 aliphatic heterocycles. The van der Waals surface area contributed by atoms with Crippen LogP contribution in [0.2, 0.25) is 0 Å². The SMILES string of the molecule is Cc1cc(C)nc(SCC(=N)N)c1. The van der Waals surface area contributed by atoms with Crippen molar-refractivity contribution in [1.29, 1.82) is 5.41 Å². The van der Waals surface area contributed by atoms with Crippen molar-refractivity contribution >= 4 is 17.6 Å². The van der Waals surface area contributed by atoms with E-state index < -0.39 is 0 Å². The monoisotopic (exact) mass is 195 g/mol. The first-order chi connectivity index (χ1) is 6.08. The zero-order valence-electron chi connectivity index (χ0n) is 7.79. The first-order valence-electron chi connectivity index (χ1n) is 3.99. The summed E-state index contributed by atoms with van der Waals surface area (Å²) in [4.78, 5) is 4.32. The number of hydrogen-bond donors (Lipinski definition) is 2. The number of amidine groups is 1. The number of hydrogen-bond acceptors (Lipinski definition) is 3. The summed E-state index contributed by atoms with van der Waals surface area (Å²) in [5.41, 5.74) is 7.45. The summed E-state index contributed by atoms with van der Waals surface area (Å²) >= 11 is 1.50. The number of pyridine rings is 1. The Morgan fingerprint density at radius 3 is 2.77 bits per heavy atom. The molecule has 0 unspecified atom stereocenters. The van der Waals surface area contributed by atoms with Crippen LogP contribution in [-0.4, -0.2) is 16.6 Å². The third-order valence-electron chi connectivity index (χ3n) is 1.45. The number of aromatic nitrogens is 1. The van der Waals surface area contributed by atoms with Crippen molar-refractivity contribution in [3.63, 3.8) is 0 Å². The van der Waals surface area contributed by atoms with Crippen LogP contribution < -0.4 is 5.73 Å². The van der Waals surface area contributed by atoms with E-state index in [-0.39, 0.29) is 5.84 Å². The van der Waals surface area contributed by atoms with Gasteiger partial charge in [0.25, 0.3) is 0 Å². The Balaban J connectivity index is 2.71. The molecule has 0 bridgehead atoms. The van der Waals surface area contributed by atoms with Crippen molar-refractivity contribution in [3.8, 4) is 0 Å². The van der Waals surface area contributed by atoms with Gasteiger partial charge in [0, 0.05) is 5.69 Å². The van der Waals surface area contributed by atoms with Gasteiger partial charge in [-0.2, -0.15) is 0 Å². The van der Waals surface area contributed by atoms with Crippen LogP contribution in [-0.2, 0) is 0 Å². The average molecular weight is 195 g/mol. The Hall–Kier alpha value is -1.03. The maximum absolute atomic E-state index is 7.08. The number of thioether (sulfide) groups is 1. The van der Waals surface area contributed by atoms with Crippen molar-refractivity contribution in [2.24, 2.45) is 5.73 Å². The minimum absolute atomic E-state index is 0.186. The molecule has 0 atom stereocenters. The van der Waals surface area contributed by atoms with E-state index in [0.29, 0.717) is 5.75 Å². The van der Waals surface area contributed by atoms with Gasteiger partial charge in [-0.05, 0) is 31.5 Å². The number of nitrogens with one attached hydrogen (secondary N) is 1. The van der Waals surface area contributed by atoms with E-state index in [1.165, 1.54) is 17.3 Å². The maximum Gasteiger partial charge on any atom is 0.101 e. The Bertz CT molecular complexity index is 302. The van der Waals surface area contributed by atoms with Crippen molar-refractivity contribution in [2.45, 2.75) is 18.9 Å². The molecule has 1 aromatic rings. The molecule has 0 aliphatic rings. The van der Waals surface area contributed by atoms with Crippen molar-refractivity contribution in [2.75, 3.05) is 5.75 Å². The van der Waals surface area contributed by atoms with Gasteiger partial charge in [-0.25, -0.2) is 4.98 Å². The van der Waals surface area contributed by atoms with Gasteiger partial charge in [-0.1, -0.05) is 11.8 Å². The summed E-state index contributed by atoms with van der Waals surface area (Å²) in [5.74, 6) is 0.696. The molecule has 3 nitrogen and oxygen atoms in total. The molecular weight excluding hydrogens is 182 g/mol. The van der Waals surface area contributed by atoms with Crippen LogP contribution in [0.25, 0.3) is 0 Å². The highest BCUT2D eigenvalue weighted by atomic mass is 32.2. The molecule has 0 amide bonds. The lowest BCUT2D eigenvalue weighted by Crippen LogP contribution is -2.12. The lowest BCUT2D eigenvalue weighted by atomic mass is 10.3. The van der Waals surface area contributed by atoms with Crippen LogP contribution >= 0.6 is 11.8 Å². The summed E-state index contributed by atoms with van der Waals surface area (Å²) in [6, 6.07) is 4.03. The molecule has 0 saturated heterocycles. The summed E-state index contributed by atoms with van der Waals surface area (Å²) in [7, 11) is 0. The lowest BCUT2D eigenvalue weighted by Gasteiger charge is -2.02. The van der Waals surface area contributed by atoms with Gasteiger partial charge in [0.2, 0.25) is 0 Å². The van der Waals surface area contributed by atoms with Crippen molar-refractivity contribution in [1.82, 2.24) is 4.98 Å². The highest BCUT2D eigenvalue weighted by Crippen LogP contribution is 2.16. The van der Waals surface area contributed by atoms with Crippen LogP contribution in [0.5, 0.6) is 0 Å². The van der Waals surface area contributed by atoms with Crippen molar-refractivity contribution < 1.29 is 0 Å². The Morgan fingerprint density at radius 1 is 1.54 bits per heavy atom. The van der Waals surface area contributed by atoms with E-state index in [2.05, 4.69) is 4.98 Å². The number of aryl methyl sites for hydroxylation is 2. The average Bonchev–Trinajstić information content (AvgIpc) is 1.99. The van der Waals surface area contributed by atoms with Crippen LogP contribution in [0.3, 0.4) is 0 Å². The fourth-order valence-electron chi connectivity index (χ4n) is 1.03. The molecule has 0 saturated carbocycles. The molecule has 1 rings (SSSR count). The fraction of sp³-hybridized carbons (Fsp3) is 0.333. The normalized spacial score (nSPS) is 10.0. The molecule has 13 heavy (non-hydrogen) atoms. The number of nitrogens with zero attached hydrogens (tertiary/aromatic N) is 1. The summed E-state index contributed by atoms with van der Waals surface area (Å²) in [6.07, 6.45) is 0. The van der Waals surface area contributed by atoms with Crippen LogP contribution in [0.4, 0.5) is 0 Å². The zero-order chi connectivity index (χ0) is 9.84. The topological polar surface area (TPSA) is 62.8 Å². The molecule has 70 valence electrons. The minimum Gasteiger partial charge on any atom is -0.387 e. The van der Waals surface area contributed by atoms with Crippen LogP contribution in [0, 0.1) is 19.3 Å². The van der Waals surface area contributed by atoms with E-state index >= 15 is 0 Å². The Morgan fingerprint density at radius 2 is 2.23 bits per heavy atom. The Kier molecular flexibility index (Phi) is 3.31. The highest BCUT2D eigenvalue weighted by molar-refractivity contribution is 7.99. The maximum atomic E-state index is 7.08. The largest absolute Gasteiger partial charge is 0.387 e. The third kappa shape index (κ3) is 3.46. The first kappa shape index (κ1) is 10.1. The lowest BCUT2D eigenvalue weighted by molar-refractivity contribution is 1.05. The molecule has 0 radical (unpaired) electrons. The summed E-state index contributed by atoms with van der Waals surface area (Å²) in [5, 5.41) is 8.02. The van der Waals surface area contributed by atoms with E-state index in [0.717, 1.165) is 10.7 Å². The minimum atomic E-state index is 0.186. The van der Waals surface area contributed by atoms with Gasteiger partial charge in [-0.3, -0.25) is 5.41 Å². The molecule has 1 heterocycles. The highest BCUT2D eigenvalue weighted by Gasteiger charge is 1.99. The molecule has 3 N–H and O–H groups in total. The summed E-state index contributed by atoms with van der Waals surface area (Å²) < 4.78 is 0. The second kappa shape index (κ2) is 4.28. The first-order valence-corrected chi connectivity index (χ1v) is 4.97. The van der Waals surface area contributed by atoms with Crippen LogP contribution in [0.15, 0.2) is 17.2 Å². The smallest absolute Gasteiger partial charge is 0.101 e. The predicted octanol–water partition coefficient (Wildman–Crippen LogP) is 1.73. The van der Waals surface area contributed by atoms with E-state index in [4.69, 9.17) is 11.1 Å². The molecule has 0 spiro atoms. The molecule has 0 aromatic carbocycles. The molecular formula is C9H13N3S. The number of rotatable bonds is 3. The van der Waals surface area contributed by atoms with Crippen LogP contribution in [0.1, 0.15) is 11.3 Å². The van der Waals surface area contributed by atoms with Crippen molar-refractivity contribution in [3.05, 3.63) is 23.4 Å². The predicted molar refractivity (Wildman–Crippen MR) is 56.3 cm³/mol. The molecule has 1 aromatic heterocycles. The second-order valence-corrected chi connectivity index (χ2v) is 3.93. The van der Waals surface area contributed by atoms with Gasteiger partial charge in [0.05, 0.1) is 10.8 Å². The standard InChI is InChI=1S/C9H13N3S/c1-6-3-7(2)12-9(4-6)13-5-8(10)11/h3-4H,5H2,1-2H3,(H3,10,11). The quantitative estimate of drug-likeness (QED) is 0.438. The van der Waals surface area contributed by atoms with Gasteiger partial charge in [-0.15, -0.1) is 0 Å². The molecule has 0 aliphatic carbocycles. The third-order valence-corrected chi connectivity index (χ3v) is 2.41. The fourth-order valence-corrected chi connectivity index (χ4v) is 1.81. The number of nitrogens with two attached hydrogens (primary N) is 1. The van der Waals surface area contributed by atoms with Gasteiger partial charge >= 0.3 is 0 Å².